The van der Waals surface area contributed by atoms with E-state index in [0.29, 0.717) is 30.6 Å². The molecule has 1 aliphatic carbocycles. The molecule has 3 aromatic rings. The minimum absolute atomic E-state index is 0.0657. The van der Waals surface area contributed by atoms with Gasteiger partial charge in [-0.25, -0.2) is 0 Å². The van der Waals surface area contributed by atoms with Crippen LogP contribution in [0.15, 0.2) is 42.6 Å². The van der Waals surface area contributed by atoms with Crippen LogP contribution in [-0.4, -0.2) is 68.9 Å². The summed E-state index contributed by atoms with van der Waals surface area (Å²) in [6.07, 6.45) is -2.07. The number of likely N-dealkylation sites (tertiary alicyclic amines) is 1. The Balaban J connectivity index is 1.37. The Morgan fingerprint density at radius 3 is 2.57 bits per heavy atom. The van der Waals surface area contributed by atoms with Crippen LogP contribution in [0.2, 0.25) is 0 Å². The summed E-state index contributed by atoms with van der Waals surface area (Å²) in [4.78, 5) is 28.7. The fourth-order valence-corrected chi connectivity index (χ4v) is 5.49. The third-order valence-corrected chi connectivity index (χ3v) is 7.17. The molecule has 8 nitrogen and oxygen atoms in total. The van der Waals surface area contributed by atoms with Crippen LogP contribution >= 0.6 is 0 Å². The molecule has 0 unspecified atom stereocenters. The topological polar surface area (TPSA) is 96.8 Å². The van der Waals surface area contributed by atoms with Crippen LogP contribution in [0.5, 0.6) is 0 Å². The number of nitrogens with two attached hydrogens (primary N) is 1. The number of hydrogen-bond acceptors (Lipinski definition) is 5. The summed E-state index contributed by atoms with van der Waals surface area (Å²) < 4.78 is 42.1. The summed E-state index contributed by atoms with van der Waals surface area (Å²) in [7, 11) is 3.27. The van der Waals surface area contributed by atoms with Gasteiger partial charge in [-0.3, -0.25) is 14.0 Å². The highest BCUT2D eigenvalue weighted by Crippen LogP contribution is 2.50. The molecule has 2 N–H and O–H groups in total. The smallest absolute Gasteiger partial charge is 0.345 e. The molecule has 0 spiro atoms. The number of alkyl halides is 3. The minimum atomic E-state index is -4.43. The molecule has 0 radical (unpaired) electrons. The first-order valence-corrected chi connectivity index (χ1v) is 11.3. The lowest BCUT2D eigenvalue weighted by Gasteiger charge is -2.25. The summed E-state index contributed by atoms with van der Waals surface area (Å²) in [6, 6.07) is 8.87. The van der Waals surface area contributed by atoms with Crippen molar-refractivity contribution < 1.29 is 22.8 Å². The third kappa shape index (κ3) is 3.93. The highest BCUT2D eigenvalue weighted by molar-refractivity contribution is 5.95. The predicted octanol–water partition coefficient (Wildman–Crippen LogP) is 2.80. The first kappa shape index (κ1) is 23.3. The van der Waals surface area contributed by atoms with E-state index in [9.17, 15) is 22.8 Å². The zero-order valence-electron chi connectivity index (χ0n) is 19.3. The minimum Gasteiger partial charge on any atom is -0.345 e. The fraction of sp³-hybridized carbons (Fsp3) is 0.417. The van der Waals surface area contributed by atoms with Crippen molar-refractivity contribution >= 4 is 17.5 Å². The molecule has 11 heteroatoms. The van der Waals surface area contributed by atoms with Crippen molar-refractivity contribution in [3.63, 3.8) is 0 Å². The number of aromatic nitrogens is 3. The first-order valence-electron chi connectivity index (χ1n) is 11.3. The average molecular weight is 486 g/mol. The molecule has 2 amide bonds. The Bertz CT molecular complexity index is 1320. The maximum Gasteiger partial charge on any atom is 0.416 e. The Morgan fingerprint density at radius 2 is 1.89 bits per heavy atom. The molecule has 2 fully saturated rings. The number of rotatable bonds is 3. The van der Waals surface area contributed by atoms with Gasteiger partial charge in [0, 0.05) is 38.9 Å². The van der Waals surface area contributed by atoms with Crippen molar-refractivity contribution in [2.45, 2.75) is 30.5 Å². The lowest BCUT2D eigenvalue weighted by Crippen LogP contribution is -2.45. The molecule has 1 aromatic carbocycles. The van der Waals surface area contributed by atoms with E-state index in [0.717, 1.165) is 6.07 Å². The van der Waals surface area contributed by atoms with E-state index < -0.39 is 17.3 Å². The van der Waals surface area contributed by atoms with E-state index in [1.165, 1.54) is 27.6 Å². The highest BCUT2D eigenvalue weighted by atomic mass is 19.4. The van der Waals surface area contributed by atoms with E-state index >= 15 is 0 Å². The Labute approximate surface area is 199 Å². The number of carbonyl (C=O) groups excluding carboxylic acids is 2. The molecule has 3 heterocycles. The molecule has 2 aliphatic rings. The van der Waals surface area contributed by atoms with Gasteiger partial charge in [0.05, 0.1) is 11.1 Å². The van der Waals surface area contributed by atoms with E-state index in [2.05, 4.69) is 10.2 Å². The molecule has 0 bridgehead atoms. The normalized spacial score (nSPS) is 24.1. The molecular weight excluding hydrogens is 461 g/mol. The monoisotopic (exact) mass is 486 g/mol. The summed E-state index contributed by atoms with van der Waals surface area (Å²) in [5, 5.41) is 8.07. The zero-order valence-corrected chi connectivity index (χ0v) is 19.3. The van der Waals surface area contributed by atoms with Gasteiger partial charge < -0.3 is 15.5 Å². The predicted molar refractivity (Wildman–Crippen MR) is 121 cm³/mol. The van der Waals surface area contributed by atoms with Gasteiger partial charge in [0.1, 0.15) is 0 Å². The molecule has 184 valence electrons. The van der Waals surface area contributed by atoms with Gasteiger partial charge in [-0.2, -0.15) is 13.2 Å². The maximum absolute atomic E-state index is 13.5. The van der Waals surface area contributed by atoms with Crippen LogP contribution in [0.1, 0.15) is 50.9 Å². The van der Waals surface area contributed by atoms with Gasteiger partial charge in [0.15, 0.2) is 5.65 Å². The van der Waals surface area contributed by atoms with Crippen molar-refractivity contribution in [2.75, 3.05) is 27.2 Å². The van der Waals surface area contributed by atoms with Crippen molar-refractivity contribution in [3.05, 3.63) is 65.1 Å². The van der Waals surface area contributed by atoms with E-state index in [1.807, 2.05) is 0 Å². The SMILES string of the molecule is CN(C)C(=O)c1ccc2nnc(C(=O)N3C[C@H]4C[C@@H](c5ccccc5C(F)(F)F)C[C@@]4(N)C3)n2c1. The number of benzene rings is 1. The second-order valence-electron chi connectivity index (χ2n) is 9.71. The molecule has 2 aromatic heterocycles. The molecule has 5 rings (SSSR count). The van der Waals surface area contributed by atoms with Crippen LogP contribution in [0, 0.1) is 5.92 Å². The Morgan fingerprint density at radius 1 is 1.14 bits per heavy atom. The van der Waals surface area contributed by atoms with Crippen LogP contribution < -0.4 is 5.73 Å². The molecule has 3 atom stereocenters. The first-order chi connectivity index (χ1) is 16.5. The largest absolute Gasteiger partial charge is 0.416 e. The standard InChI is InChI=1S/C24H25F3N6O2/c1-31(2)21(34)14-7-8-19-29-30-20(33(19)11-14)22(35)32-12-16-9-15(10-23(16,28)13-32)17-5-3-4-6-18(17)24(25,26)27/h3-8,11,15-16H,9-10,12-13,28H2,1-2H3/t15-,16-,23-/m1/s1. The number of halogens is 3. The van der Waals surface area contributed by atoms with Crippen LogP contribution in [0.4, 0.5) is 13.2 Å². The third-order valence-electron chi connectivity index (χ3n) is 7.17. The van der Waals surface area contributed by atoms with Gasteiger partial charge >= 0.3 is 6.18 Å². The second-order valence-corrected chi connectivity index (χ2v) is 9.71. The summed E-state index contributed by atoms with van der Waals surface area (Å²) in [5.41, 5.74) is 6.34. The maximum atomic E-state index is 13.5. The molecule has 1 aliphatic heterocycles. The van der Waals surface area contributed by atoms with E-state index in [-0.39, 0.29) is 41.6 Å². The Kier molecular flexibility index (Phi) is 5.35. The van der Waals surface area contributed by atoms with Crippen LogP contribution in [-0.2, 0) is 6.18 Å². The average Bonchev–Trinajstić information content (AvgIpc) is 3.46. The van der Waals surface area contributed by atoms with Crippen molar-refractivity contribution in [2.24, 2.45) is 11.7 Å². The number of fused-ring (bicyclic) bond motifs is 2. The fourth-order valence-electron chi connectivity index (χ4n) is 5.49. The number of pyridine rings is 1. The van der Waals surface area contributed by atoms with Gasteiger partial charge in [-0.05, 0) is 48.4 Å². The Hall–Kier alpha value is -3.47. The summed E-state index contributed by atoms with van der Waals surface area (Å²) in [6.45, 7) is 0.539. The van der Waals surface area contributed by atoms with Crippen molar-refractivity contribution in [1.29, 1.82) is 0 Å². The van der Waals surface area contributed by atoms with Gasteiger partial charge in [-0.15, -0.1) is 10.2 Å². The molecule has 35 heavy (non-hydrogen) atoms. The van der Waals surface area contributed by atoms with Crippen molar-refractivity contribution in [1.82, 2.24) is 24.4 Å². The zero-order chi connectivity index (χ0) is 25.1. The lowest BCUT2D eigenvalue weighted by molar-refractivity contribution is -0.138. The van der Waals surface area contributed by atoms with Crippen molar-refractivity contribution in [3.8, 4) is 0 Å². The molecule has 1 saturated carbocycles. The summed E-state index contributed by atoms with van der Waals surface area (Å²) in [5.74, 6) is -0.994. The second kappa shape index (κ2) is 8.04. The van der Waals surface area contributed by atoms with Gasteiger partial charge in [0.25, 0.3) is 11.8 Å². The number of amides is 2. The molecule has 1 saturated heterocycles. The van der Waals surface area contributed by atoms with Gasteiger partial charge in [-0.1, -0.05) is 18.2 Å². The number of nitrogens with zero attached hydrogens (tertiary/aromatic N) is 5. The summed E-state index contributed by atoms with van der Waals surface area (Å²) >= 11 is 0. The number of hydrogen-bond donors (Lipinski definition) is 1. The van der Waals surface area contributed by atoms with Gasteiger partial charge in [0.2, 0.25) is 5.82 Å². The van der Waals surface area contributed by atoms with E-state index in [1.54, 1.807) is 37.2 Å². The van der Waals surface area contributed by atoms with Crippen LogP contribution in [0.3, 0.4) is 0 Å². The lowest BCUT2D eigenvalue weighted by atomic mass is 9.89. The van der Waals surface area contributed by atoms with Crippen LogP contribution in [0.25, 0.3) is 5.65 Å². The molecular formula is C24H25F3N6O2. The van der Waals surface area contributed by atoms with E-state index in [4.69, 9.17) is 5.73 Å². The highest BCUT2D eigenvalue weighted by Gasteiger charge is 2.53. The number of carbonyl (C=O) groups is 2. The quantitative estimate of drug-likeness (QED) is 0.614.